The van der Waals surface area contributed by atoms with Crippen LogP contribution >= 0.6 is 0 Å². The van der Waals surface area contributed by atoms with Crippen molar-refractivity contribution in [3.8, 4) is 5.75 Å². The third-order valence-corrected chi connectivity index (χ3v) is 4.01. The standard InChI is InChI=1S/C14H21NO2/c1-17-13-4-2-11(3-5-13)14(10-15)8-6-12(16)7-9-14/h2-5,12,16H,6-10,15H2,1H3. The molecule has 0 aromatic heterocycles. The van der Waals surface area contributed by atoms with Crippen LogP contribution in [0.3, 0.4) is 0 Å². The quantitative estimate of drug-likeness (QED) is 0.840. The van der Waals surface area contributed by atoms with E-state index >= 15 is 0 Å². The Hall–Kier alpha value is -1.06. The molecule has 1 aliphatic rings. The molecule has 0 amide bonds. The van der Waals surface area contributed by atoms with E-state index in [4.69, 9.17) is 10.5 Å². The lowest BCUT2D eigenvalue weighted by atomic mass is 9.69. The summed E-state index contributed by atoms with van der Waals surface area (Å²) in [5.74, 6) is 0.872. The Balaban J connectivity index is 2.21. The summed E-state index contributed by atoms with van der Waals surface area (Å²) < 4.78 is 5.17. The lowest BCUT2D eigenvalue weighted by Crippen LogP contribution is -2.40. The molecule has 3 heteroatoms. The Bertz CT molecular complexity index is 353. The second-order valence-electron chi connectivity index (χ2n) is 4.94. The highest BCUT2D eigenvalue weighted by Crippen LogP contribution is 2.39. The maximum atomic E-state index is 9.61. The number of ether oxygens (including phenoxy) is 1. The van der Waals surface area contributed by atoms with Crippen molar-refractivity contribution in [1.82, 2.24) is 0 Å². The lowest BCUT2D eigenvalue weighted by Gasteiger charge is -2.38. The third kappa shape index (κ3) is 2.45. The van der Waals surface area contributed by atoms with E-state index in [1.807, 2.05) is 12.1 Å². The summed E-state index contributed by atoms with van der Waals surface area (Å²) in [4.78, 5) is 0. The van der Waals surface area contributed by atoms with Crippen LogP contribution in [0, 0.1) is 0 Å². The molecule has 17 heavy (non-hydrogen) atoms. The fourth-order valence-electron chi connectivity index (χ4n) is 2.71. The molecule has 0 saturated heterocycles. The van der Waals surface area contributed by atoms with E-state index in [2.05, 4.69) is 12.1 Å². The fourth-order valence-corrected chi connectivity index (χ4v) is 2.71. The van der Waals surface area contributed by atoms with Crippen molar-refractivity contribution in [3.05, 3.63) is 29.8 Å². The number of hydrogen-bond acceptors (Lipinski definition) is 3. The normalized spacial score (nSPS) is 29.0. The first-order valence-corrected chi connectivity index (χ1v) is 6.23. The van der Waals surface area contributed by atoms with E-state index in [1.54, 1.807) is 7.11 Å². The number of aliphatic hydroxyl groups excluding tert-OH is 1. The summed E-state index contributed by atoms with van der Waals surface area (Å²) in [6.45, 7) is 0.645. The molecule has 0 bridgehead atoms. The molecule has 1 aromatic carbocycles. The third-order valence-electron chi connectivity index (χ3n) is 4.01. The van der Waals surface area contributed by atoms with Crippen LogP contribution in [0.25, 0.3) is 0 Å². The SMILES string of the molecule is COc1ccc(C2(CN)CCC(O)CC2)cc1. The van der Waals surface area contributed by atoms with Crippen molar-refractivity contribution >= 4 is 0 Å². The molecular weight excluding hydrogens is 214 g/mol. The molecule has 3 nitrogen and oxygen atoms in total. The highest BCUT2D eigenvalue weighted by molar-refractivity contribution is 5.33. The van der Waals surface area contributed by atoms with Gasteiger partial charge in [-0.3, -0.25) is 0 Å². The summed E-state index contributed by atoms with van der Waals surface area (Å²) in [7, 11) is 1.67. The Morgan fingerprint density at radius 2 is 1.88 bits per heavy atom. The Morgan fingerprint density at radius 3 is 2.35 bits per heavy atom. The first-order chi connectivity index (χ1) is 8.20. The predicted octanol–water partition coefficient (Wildman–Crippen LogP) is 1.83. The van der Waals surface area contributed by atoms with Crippen molar-refractivity contribution in [3.63, 3.8) is 0 Å². The van der Waals surface area contributed by atoms with Gasteiger partial charge in [-0.1, -0.05) is 12.1 Å². The summed E-state index contributed by atoms with van der Waals surface area (Å²) in [6, 6.07) is 8.17. The van der Waals surface area contributed by atoms with Crippen LogP contribution in [0.5, 0.6) is 5.75 Å². The average Bonchev–Trinajstić information content (AvgIpc) is 2.40. The molecule has 0 aliphatic heterocycles. The van der Waals surface area contributed by atoms with E-state index in [0.29, 0.717) is 6.54 Å². The minimum absolute atomic E-state index is 0.0471. The zero-order valence-corrected chi connectivity index (χ0v) is 10.4. The number of nitrogens with two attached hydrogens (primary N) is 1. The highest BCUT2D eigenvalue weighted by Gasteiger charge is 2.35. The van der Waals surface area contributed by atoms with Crippen LogP contribution in [-0.4, -0.2) is 24.9 Å². The molecular formula is C14H21NO2. The number of aliphatic hydroxyl groups is 1. The second-order valence-corrected chi connectivity index (χ2v) is 4.94. The summed E-state index contributed by atoms with van der Waals surface area (Å²) in [6.07, 6.45) is 3.49. The molecule has 0 atom stereocenters. The van der Waals surface area contributed by atoms with Crippen LogP contribution in [0.2, 0.25) is 0 Å². The molecule has 0 heterocycles. The Kier molecular flexibility index (Phi) is 3.69. The first-order valence-electron chi connectivity index (χ1n) is 6.23. The maximum Gasteiger partial charge on any atom is 0.118 e. The number of hydrogen-bond donors (Lipinski definition) is 2. The topological polar surface area (TPSA) is 55.5 Å². The molecule has 0 unspecified atom stereocenters. The Labute approximate surface area is 103 Å². The van der Waals surface area contributed by atoms with Crippen LogP contribution < -0.4 is 10.5 Å². The summed E-state index contributed by atoms with van der Waals surface area (Å²) in [5, 5.41) is 9.61. The molecule has 2 rings (SSSR count). The van der Waals surface area contributed by atoms with Gasteiger partial charge in [-0.05, 0) is 43.4 Å². The smallest absolute Gasteiger partial charge is 0.118 e. The zero-order chi connectivity index (χ0) is 12.3. The van der Waals surface area contributed by atoms with Crippen molar-refractivity contribution in [2.24, 2.45) is 5.73 Å². The van der Waals surface area contributed by atoms with Crippen LogP contribution in [0.4, 0.5) is 0 Å². The van der Waals surface area contributed by atoms with Crippen molar-refractivity contribution in [1.29, 1.82) is 0 Å². The average molecular weight is 235 g/mol. The maximum absolute atomic E-state index is 9.61. The molecule has 94 valence electrons. The van der Waals surface area contributed by atoms with Gasteiger partial charge in [0.05, 0.1) is 13.2 Å². The van der Waals surface area contributed by atoms with Crippen molar-refractivity contribution in [2.75, 3.05) is 13.7 Å². The number of benzene rings is 1. The second kappa shape index (κ2) is 5.07. The summed E-state index contributed by atoms with van der Waals surface area (Å²) >= 11 is 0. The fraction of sp³-hybridized carbons (Fsp3) is 0.571. The minimum atomic E-state index is -0.145. The number of rotatable bonds is 3. The van der Waals surface area contributed by atoms with E-state index < -0.39 is 0 Å². The van der Waals surface area contributed by atoms with Crippen molar-refractivity contribution in [2.45, 2.75) is 37.2 Å². The van der Waals surface area contributed by atoms with Gasteiger partial charge in [0.25, 0.3) is 0 Å². The van der Waals surface area contributed by atoms with Gasteiger partial charge in [-0.25, -0.2) is 0 Å². The first kappa shape index (κ1) is 12.4. The molecule has 1 fully saturated rings. The van der Waals surface area contributed by atoms with Gasteiger partial charge in [0.2, 0.25) is 0 Å². The van der Waals surface area contributed by atoms with E-state index in [9.17, 15) is 5.11 Å². The van der Waals surface area contributed by atoms with Gasteiger partial charge >= 0.3 is 0 Å². The van der Waals surface area contributed by atoms with E-state index in [-0.39, 0.29) is 11.5 Å². The molecule has 0 radical (unpaired) electrons. The molecule has 1 aliphatic carbocycles. The van der Waals surface area contributed by atoms with Gasteiger partial charge in [-0.15, -0.1) is 0 Å². The van der Waals surface area contributed by atoms with Gasteiger partial charge in [0.15, 0.2) is 0 Å². The van der Waals surface area contributed by atoms with Crippen LogP contribution in [0.15, 0.2) is 24.3 Å². The van der Waals surface area contributed by atoms with Gasteiger partial charge in [-0.2, -0.15) is 0 Å². The van der Waals surface area contributed by atoms with Gasteiger partial charge < -0.3 is 15.6 Å². The minimum Gasteiger partial charge on any atom is -0.497 e. The van der Waals surface area contributed by atoms with Crippen molar-refractivity contribution < 1.29 is 9.84 Å². The van der Waals surface area contributed by atoms with Gasteiger partial charge in [0.1, 0.15) is 5.75 Å². The van der Waals surface area contributed by atoms with Crippen LogP contribution in [-0.2, 0) is 5.41 Å². The molecule has 1 saturated carbocycles. The summed E-state index contributed by atoms with van der Waals surface area (Å²) in [5.41, 5.74) is 7.29. The zero-order valence-electron chi connectivity index (χ0n) is 10.4. The Morgan fingerprint density at radius 1 is 1.29 bits per heavy atom. The van der Waals surface area contributed by atoms with Crippen LogP contribution in [0.1, 0.15) is 31.2 Å². The highest BCUT2D eigenvalue weighted by atomic mass is 16.5. The number of methoxy groups -OCH3 is 1. The monoisotopic (exact) mass is 235 g/mol. The largest absolute Gasteiger partial charge is 0.497 e. The molecule has 0 spiro atoms. The lowest BCUT2D eigenvalue weighted by molar-refractivity contribution is 0.0974. The van der Waals surface area contributed by atoms with Gasteiger partial charge in [0, 0.05) is 12.0 Å². The molecule has 1 aromatic rings. The van der Waals surface area contributed by atoms with E-state index in [1.165, 1.54) is 5.56 Å². The predicted molar refractivity (Wildman–Crippen MR) is 68.2 cm³/mol. The molecule has 3 N–H and O–H groups in total. The van der Waals surface area contributed by atoms with E-state index in [0.717, 1.165) is 31.4 Å².